The van der Waals surface area contributed by atoms with Crippen molar-refractivity contribution in [1.82, 2.24) is 0 Å². The zero-order valence-corrected chi connectivity index (χ0v) is 30.0. The second kappa shape index (κ2) is 15.6. The van der Waals surface area contributed by atoms with Crippen LogP contribution in [0.25, 0.3) is 33.4 Å². The Morgan fingerprint density at radius 1 is 0.958 bits per heavy atom. The first kappa shape index (κ1) is 37.0. The molecule has 48 heavy (non-hydrogen) atoms. The Labute approximate surface area is 290 Å². The third-order valence-corrected chi connectivity index (χ3v) is 11.7. The number of nitro benzene ring substituents is 2. The number of nitrogens with zero attached hydrogens (tertiary/aromatic N) is 2. The van der Waals surface area contributed by atoms with Crippen LogP contribution in [0, 0.1) is 20.2 Å². The van der Waals surface area contributed by atoms with Crippen molar-refractivity contribution >= 4 is 69.0 Å². The Morgan fingerprint density at radius 3 is 2.12 bits per heavy atom. The number of rotatable bonds is 16. The molecule has 1 atom stereocenters. The van der Waals surface area contributed by atoms with Crippen LogP contribution in [0.15, 0.2) is 54.6 Å². The standard InChI is InChI=1S/C30H30Br2N2O13Si/c1-4-44-48(45-5-2,46-6-3)12-11-16(35)15-43-29-22(34(41)42)14-20-23(17-9-7-8-10-18(17)30(37)38)19-13-21(33(39)40)26(36)24(31)27(19)47-28(20)25(29)32/h7-10,13-14,16,35H,4-6,11-12,15H2,1-3H3,(H,37,38). The van der Waals surface area contributed by atoms with E-state index in [9.17, 15) is 40.0 Å². The van der Waals surface area contributed by atoms with Crippen molar-refractivity contribution in [2.75, 3.05) is 26.4 Å². The molecule has 4 rings (SSSR count). The molecule has 1 aliphatic heterocycles. The van der Waals surface area contributed by atoms with Gasteiger partial charge in [-0.05, 0) is 70.7 Å². The van der Waals surface area contributed by atoms with E-state index in [1.54, 1.807) is 20.8 Å². The fraction of sp³-hybridized carbons (Fsp3) is 0.333. The molecule has 0 radical (unpaired) electrons. The molecular formula is C30H30Br2N2O13Si. The second-order valence-corrected chi connectivity index (χ2v) is 14.5. The summed E-state index contributed by atoms with van der Waals surface area (Å²) in [7, 11) is -3.10. The third kappa shape index (κ3) is 7.43. The van der Waals surface area contributed by atoms with Gasteiger partial charge in [-0.15, -0.1) is 0 Å². The summed E-state index contributed by atoms with van der Waals surface area (Å²) in [6.45, 7) is 6.01. The average molecular weight is 814 g/mol. The summed E-state index contributed by atoms with van der Waals surface area (Å²) >= 11 is 6.42. The highest BCUT2D eigenvalue weighted by Gasteiger charge is 2.41. The number of fused-ring (bicyclic) bond motifs is 2. The van der Waals surface area contributed by atoms with Crippen LogP contribution in [0.1, 0.15) is 37.6 Å². The monoisotopic (exact) mass is 812 g/mol. The molecule has 1 unspecified atom stereocenters. The lowest BCUT2D eigenvalue weighted by Gasteiger charge is -2.29. The van der Waals surface area contributed by atoms with Gasteiger partial charge in [-0.2, -0.15) is 0 Å². The highest BCUT2D eigenvalue weighted by atomic mass is 79.9. The first-order valence-corrected chi connectivity index (χ1v) is 18.1. The largest absolute Gasteiger partial charge is 0.501 e. The summed E-state index contributed by atoms with van der Waals surface area (Å²) in [5, 5.41) is 45.0. The number of nitro groups is 2. The number of halogens is 2. The molecular weight excluding hydrogens is 784 g/mol. The molecule has 18 heteroatoms. The summed E-state index contributed by atoms with van der Waals surface area (Å²) < 4.78 is 28.9. The van der Waals surface area contributed by atoms with Crippen molar-refractivity contribution in [1.29, 1.82) is 0 Å². The highest BCUT2D eigenvalue weighted by Crippen LogP contribution is 2.50. The Bertz CT molecular complexity index is 1880. The molecule has 0 spiro atoms. The molecule has 2 aromatic carbocycles. The van der Waals surface area contributed by atoms with E-state index in [4.69, 9.17) is 22.4 Å². The van der Waals surface area contributed by atoms with Gasteiger partial charge in [0.1, 0.15) is 15.6 Å². The quantitative estimate of drug-likeness (QED) is 0.0518. The van der Waals surface area contributed by atoms with Gasteiger partial charge in [-0.1, -0.05) is 18.2 Å². The zero-order valence-electron chi connectivity index (χ0n) is 25.8. The van der Waals surface area contributed by atoms with Crippen LogP contribution < -0.4 is 10.2 Å². The van der Waals surface area contributed by atoms with Gasteiger partial charge in [-0.3, -0.25) is 25.0 Å². The lowest BCUT2D eigenvalue weighted by atomic mass is 9.90. The van der Waals surface area contributed by atoms with Gasteiger partial charge in [0.05, 0.1) is 21.5 Å². The molecule has 0 saturated heterocycles. The van der Waals surface area contributed by atoms with Crippen LogP contribution in [0.3, 0.4) is 0 Å². The maximum absolute atomic E-state index is 12.9. The lowest BCUT2D eigenvalue weighted by molar-refractivity contribution is -0.386. The Kier molecular flexibility index (Phi) is 12.1. The minimum atomic E-state index is -3.10. The number of aliphatic hydroxyl groups is 1. The number of carbonyl (C=O) groups is 1. The van der Waals surface area contributed by atoms with Gasteiger partial charge in [-0.25, -0.2) is 4.79 Å². The number of carboxylic acid groups (broad SMARTS) is 1. The smallest absolute Gasteiger partial charge is 0.483 e. The Balaban J connectivity index is 1.91. The first-order valence-electron chi connectivity index (χ1n) is 14.6. The molecule has 0 amide bonds. The predicted octanol–water partition coefficient (Wildman–Crippen LogP) is 6.78. The molecule has 1 heterocycles. The number of hydrogen-bond acceptors (Lipinski definition) is 12. The maximum atomic E-state index is 12.9. The van der Waals surface area contributed by atoms with Crippen LogP contribution in [0.5, 0.6) is 5.75 Å². The molecule has 1 aliphatic carbocycles. The van der Waals surface area contributed by atoms with E-state index >= 15 is 0 Å². The molecule has 256 valence electrons. The van der Waals surface area contributed by atoms with E-state index in [1.165, 1.54) is 24.3 Å². The SMILES string of the molecule is CCO[Si](CCC(O)COc1c([N+](=O)[O-])cc2c(-c3ccccc3C(=O)O)c3cc([N+](=O)[O-])c(=O)c(Br)c-3oc2c1Br)(OCC)OCC. The van der Waals surface area contributed by atoms with Crippen LogP contribution >= 0.6 is 31.9 Å². The van der Waals surface area contributed by atoms with Gasteiger partial charge in [0.25, 0.3) is 5.43 Å². The fourth-order valence-corrected chi connectivity index (χ4v) is 9.01. The van der Waals surface area contributed by atoms with Gasteiger partial charge in [0.15, 0.2) is 11.3 Å². The van der Waals surface area contributed by atoms with E-state index < -0.39 is 54.1 Å². The molecule has 0 bridgehead atoms. The van der Waals surface area contributed by atoms with Crippen LogP contribution in [-0.2, 0) is 13.3 Å². The number of non-ortho nitro benzene ring substituents is 1. The number of hydrogen-bond donors (Lipinski definition) is 2. The summed E-state index contributed by atoms with van der Waals surface area (Å²) in [5.41, 5.74) is -2.71. The van der Waals surface area contributed by atoms with E-state index in [0.717, 1.165) is 12.1 Å². The number of carboxylic acids is 1. The van der Waals surface area contributed by atoms with E-state index in [1.807, 2.05) is 0 Å². The summed E-state index contributed by atoms with van der Waals surface area (Å²) in [6.07, 6.45) is -1.02. The van der Waals surface area contributed by atoms with Gasteiger partial charge in [0, 0.05) is 54.5 Å². The third-order valence-electron chi connectivity index (χ3n) is 7.17. The average Bonchev–Trinajstić information content (AvgIpc) is 3.04. The number of ether oxygens (including phenoxy) is 1. The molecule has 2 aliphatic rings. The maximum Gasteiger partial charge on any atom is 0.501 e. The summed E-state index contributed by atoms with van der Waals surface area (Å²) in [4.78, 5) is 47.7. The van der Waals surface area contributed by atoms with Crippen molar-refractivity contribution in [3.05, 3.63) is 81.4 Å². The summed E-state index contributed by atoms with van der Waals surface area (Å²) in [6, 6.07) is 8.00. The van der Waals surface area contributed by atoms with Gasteiger partial charge in [0.2, 0.25) is 5.75 Å². The van der Waals surface area contributed by atoms with E-state index in [-0.39, 0.29) is 66.1 Å². The molecule has 0 fully saturated rings. The second-order valence-electron chi connectivity index (χ2n) is 10.2. The number of benzene rings is 3. The van der Waals surface area contributed by atoms with Crippen molar-refractivity contribution in [2.24, 2.45) is 0 Å². The number of aliphatic hydroxyl groups excluding tert-OH is 1. The predicted molar refractivity (Wildman–Crippen MR) is 182 cm³/mol. The van der Waals surface area contributed by atoms with Gasteiger partial charge < -0.3 is 32.6 Å². The van der Waals surface area contributed by atoms with Crippen molar-refractivity contribution < 1.29 is 47.3 Å². The van der Waals surface area contributed by atoms with Crippen molar-refractivity contribution in [2.45, 2.75) is 39.3 Å². The zero-order chi connectivity index (χ0) is 35.3. The Hall–Kier alpha value is -3.78. The molecule has 2 aromatic rings. The lowest BCUT2D eigenvalue weighted by Crippen LogP contribution is -2.46. The highest BCUT2D eigenvalue weighted by molar-refractivity contribution is 9.11. The van der Waals surface area contributed by atoms with Crippen LogP contribution in [0.4, 0.5) is 11.4 Å². The van der Waals surface area contributed by atoms with Crippen LogP contribution in [-0.4, -0.2) is 67.4 Å². The van der Waals surface area contributed by atoms with Crippen LogP contribution in [0.2, 0.25) is 6.04 Å². The fourth-order valence-electron chi connectivity index (χ4n) is 5.22. The van der Waals surface area contributed by atoms with Crippen molar-refractivity contribution in [3.63, 3.8) is 0 Å². The molecule has 0 saturated carbocycles. The number of aromatic carboxylic acids is 1. The minimum Gasteiger partial charge on any atom is -0.483 e. The minimum absolute atomic E-state index is 0.0107. The first-order chi connectivity index (χ1) is 22.8. The van der Waals surface area contributed by atoms with Crippen molar-refractivity contribution in [3.8, 4) is 28.2 Å². The normalized spacial score (nSPS) is 12.4. The topological polar surface area (TPSA) is 211 Å². The molecule has 2 N–H and O–H groups in total. The molecule has 0 aromatic heterocycles. The van der Waals surface area contributed by atoms with Gasteiger partial charge >= 0.3 is 26.1 Å². The Morgan fingerprint density at radius 2 is 1.56 bits per heavy atom. The summed E-state index contributed by atoms with van der Waals surface area (Å²) in [5.74, 6) is -1.84. The van der Waals surface area contributed by atoms with E-state index in [2.05, 4.69) is 31.9 Å². The van der Waals surface area contributed by atoms with E-state index in [0.29, 0.717) is 19.8 Å². The molecule has 15 nitrogen and oxygen atoms in total.